The van der Waals surface area contributed by atoms with Crippen molar-refractivity contribution in [2.75, 3.05) is 7.11 Å². The van der Waals surface area contributed by atoms with Gasteiger partial charge in [-0.2, -0.15) is 0 Å². The van der Waals surface area contributed by atoms with Gasteiger partial charge in [-0.15, -0.1) is 0 Å². The van der Waals surface area contributed by atoms with Crippen molar-refractivity contribution in [3.63, 3.8) is 0 Å². The summed E-state index contributed by atoms with van der Waals surface area (Å²) in [4.78, 5) is 14.1. The van der Waals surface area contributed by atoms with Gasteiger partial charge in [-0.1, -0.05) is 16.8 Å². The van der Waals surface area contributed by atoms with Crippen molar-refractivity contribution in [2.45, 2.75) is 0 Å². The van der Waals surface area contributed by atoms with Crippen LogP contribution in [0.25, 0.3) is 27.9 Å². The first kappa shape index (κ1) is 12.3. The number of rotatable bonds is 1. The molecule has 0 aliphatic heterocycles. The van der Waals surface area contributed by atoms with Crippen LogP contribution in [-0.4, -0.2) is 22.8 Å². The van der Waals surface area contributed by atoms with Gasteiger partial charge in [-0.25, -0.2) is 4.98 Å². The molecule has 5 heteroatoms. The van der Waals surface area contributed by atoms with Gasteiger partial charge in [-0.3, -0.25) is 4.98 Å². The smallest absolute Gasteiger partial charge is 0.110 e. The number of hydrogen-bond acceptors (Lipinski definition) is 4. The van der Waals surface area contributed by atoms with E-state index in [0.717, 1.165) is 38.8 Å². The molecule has 0 N–H and O–H groups in total. The number of benzene rings is 1. The van der Waals surface area contributed by atoms with Crippen LogP contribution in [0.2, 0.25) is 5.02 Å². The first-order valence-corrected chi connectivity index (χ1v) is 6.83. The summed E-state index contributed by atoms with van der Waals surface area (Å²) in [5.41, 5.74) is 4.36. The molecule has 1 aliphatic rings. The fourth-order valence-corrected chi connectivity index (χ4v) is 2.83. The van der Waals surface area contributed by atoms with E-state index < -0.39 is 0 Å². The normalized spacial score (nSPS) is 15.0. The molecule has 1 aromatic carbocycles. The average Bonchev–Trinajstić information content (AvgIpc) is 2.50. The Hall–Kier alpha value is -2.46. The summed E-state index contributed by atoms with van der Waals surface area (Å²) >= 11 is 6.06. The molecule has 0 spiro atoms. The van der Waals surface area contributed by atoms with E-state index in [1.54, 1.807) is 6.20 Å². The maximum Gasteiger partial charge on any atom is 0.110 e. The van der Waals surface area contributed by atoms with Crippen molar-refractivity contribution in [1.82, 2.24) is 9.97 Å². The Bertz CT molecular complexity index is 947. The van der Waals surface area contributed by atoms with Crippen molar-refractivity contribution in [3.8, 4) is 0 Å². The van der Waals surface area contributed by atoms with Crippen LogP contribution in [0.5, 0.6) is 0 Å². The first-order valence-electron chi connectivity index (χ1n) is 6.45. The number of allylic oxidation sites excluding steroid dienone is 1. The lowest BCUT2D eigenvalue weighted by Crippen LogP contribution is -2.06. The zero-order valence-electron chi connectivity index (χ0n) is 11.2. The summed E-state index contributed by atoms with van der Waals surface area (Å²) in [7, 11) is 1.54. The summed E-state index contributed by atoms with van der Waals surface area (Å²) in [6.07, 6.45) is 5.60. The maximum absolute atomic E-state index is 6.06. The van der Waals surface area contributed by atoms with Crippen molar-refractivity contribution in [1.29, 1.82) is 0 Å². The number of oxime groups is 1. The van der Waals surface area contributed by atoms with E-state index in [2.05, 4.69) is 15.1 Å². The summed E-state index contributed by atoms with van der Waals surface area (Å²) in [6, 6.07) is 7.58. The summed E-state index contributed by atoms with van der Waals surface area (Å²) in [5.74, 6) is 0. The number of pyridine rings is 2. The Labute approximate surface area is 125 Å². The molecule has 4 nitrogen and oxygen atoms in total. The SMILES string of the molecule is CO/N=C1/C=Cc2nc3cc(Cl)ccc3c3nccc1c23. The number of hydrogen-bond donors (Lipinski definition) is 0. The largest absolute Gasteiger partial charge is 0.399 e. The third kappa shape index (κ3) is 1.80. The lowest BCUT2D eigenvalue weighted by atomic mass is 9.96. The molecule has 0 fully saturated rings. The van der Waals surface area contributed by atoms with Gasteiger partial charge in [-0.05, 0) is 36.4 Å². The maximum atomic E-state index is 6.06. The van der Waals surface area contributed by atoms with Crippen molar-refractivity contribution >= 4 is 45.2 Å². The lowest BCUT2D eigenvalue weighted by Gasteiger charge is -2.14. The number of halogens is 1. The minimum atomic E-state index is 0.666. The zero-order valence-corrected chi connectivity index (χ0v) is 11.9. The molecule has 0 radical (unpaired) electrons. The third-order valence-electron chi connectivity index (χ3n) is 3.53. The second-order valence-corrected chi connectivity index (χ2v) is 5.17. The fourth-order valence-electron chi connectivity index (χ4n) is 2.67. The van der Waals surface area contributed by atoms with Crippen LogP contribution in [0.15, 0.2) is 41.7 Å². The predicted octanol–water partition coefficient (Wildman–Crippen LogP) is 3.81. The second kappa shape index (κ2) is 4.53. The molecular formula is C16H10ClN3O. The highest BCUT2D eigenvalue weighted by Gasteiger charge is 2.18. The molecule has 2 heterocycles. The number of fused-ring (bicyclic) bond motifs is 2. The van der Waals surface area contributed by atoms with Gasteiger partial charge in [0.25, 0.3) is 0 Å². The van der Waals surface area contributed by atoms with Gasteiger partial charge in [0.15, 0.2) is 0 Å². The summed E-state index contributed by atoms with van der Waals surface area (Å²) in [6.45, 7) is 0. The fraction of sp³-hybridized carbons (Fsp3) is 0.0625. The molecule has 102 valence electrons. The Morgan fingerprint density at radius 1 is 1.19 bits per heavy atom. The molecule has 21 heavy (non-hydrogen) atoms. The second-order valence-electron chi connectivity index (χ2n) is 4.73. The van der Waals surface area contributed by atoms with E-state index in [9.17, 15) is 0 Å². The quantitative estimate of drug-likeness (QED) is 0.506. The standard InChI is InChI=1S/C16H10ClN3O/c1-21-20-12-4-5-13-15-10(12)6-7-18-16(15)11-3-2-9(17)8-14(11)19-13/h2-8H,1H3/b20-12-. The van der Waals surface area contributed by atoms with E-state index in [-0.39, 0.29) is 0 Å². The molecule has 0 saturated heterocycles. The Morgan fingerprint density at radius 2 is 2.10 bits per heavy atom. The van der Waals surface area contributed by atoms with Crippen molar-refractivity contribution in [3.05, 3.63) is 52.8 Å². The van der Waals surface area contributed by atoms with Crippen LogP contribution in [0.4, 0.5) is 0 Å². The molecule has 0 amide bonds. The highest BCUT2D eigenvalue weighted by molar-refractivity contribution is 6.31. The number of nitrogens with zero attached hydrogens (tertiary/aromatic N) is 3. The molecule has 4 rings (SSSR count). The Balaban J connectivity index is 2.19. The topological polar surface area (TPSA) is 47.4 Å². The van der Waals surface area contributed by atoms with Crippen LogP contribution in [-0.2, 0) is 4.84 Å². The Kier molecular flexibility index (Phi) is 2.65. The van der Waals surface area contributed by atoms with E-state index >= 15 is 0 Å². The molecule has 3 aromatic rings. The van der Waals surface area contributed by atoms with Crippen LogP contribution in [0.3, 0.4) is 0 Å². The van der Waals surface area contributed by atoms with E-state index in [1.165, 1.54) is 7.11 Å². The van der Waals surface area contributed by atoms with Crippen molar-refractivity contribution < 1.29 is 4.84 Å². The van der Waals surface area contributed by atoms with Gasteiger partial charge in [0.05, 0.1) is 16.7 Å². The highest BCUT2D eigenvalue weighted by atomic mass is 35.5. The molecule has 1 aliphatic carbocycles. The minimum absolute atomic E-state index is 0.666. The van der Waals surface area contributed by atoms with E-state index in [1.807, 2.05) is 36.4 Å². The van der Waals surface area contributed by atoms with Gasteiger partial charge >= 0.3 is 0 Å². The van der Waals surface area contributed by atoms with Gasteiger partial charge in [0.1, 0.15) is 12.8 Å². The van der Waals surface area contributed by atoms with Gasteiger partial charge in [0, 0.05) is 27.6 Å². The third-order valence-corrected chi connectivity index (χ3v) is 3.76. The monoisotopic (exact) mass is 295 g/mol. The van der Waals surface area contributed by atoms with Crippen molar-refractivity contribution in [2.24, 2.45) is 5.16 Å². The van der Waals surface area contributed by atoms with Crippen LogP contribution in [0, 0.1) is 0 Å². The lowest BCUT2D eigenvalue weighted by molar-refractivity contribution is 0.214. The van der Waals surface area contributed by atoms with Gasteiger partial charge in [0.2, 0.25) is 0 Å². The van der Waals surface area contributed by atoms with Gasteiger partial charge < -0.3 is 4.84 Å². The molecule has 0 saturated carbocycles. The van der Waals surface area contributed by atoms with Crippen LogP contribution >= 0.6 is 11.6 Å². The molecule has 2 aromatic heterocycles. The molecule has 0 bridgehead atoms. The van der Waals surface area contributed by atoms with E-state index in [4.69, 9.17) is 16.4 Å². The zero-order chi connectivity index (χ0) is 14.4. The Morgan fingerprint density at radius 3 is 2.95 bits per heavy atom. The first-order chi connectivity index (χ1) is 10.3. The van der Waals surface area contributed by atoms with Crippen LogP contribution in [0.1, 0.15) is 11.3 Å². The minimum Gasteiger partial charge on any atom is -0.399 e. The highest BCUT2D eigenvalue weighted by Crippen LogP contribution is 2.32. The molecular weight excluding hydrogens is 286 g/mol. The molecule has 0 atom stereocenters. The van der Waals surface area contributed by atoms with Crippen LogP contribution < -0.4 is 0 Å². The summed E-state index contributed by atoms with van der Waals surface area (Å²) in [5, 5.41) is 6.69. The molecule has 0 unspecified atom stereocenters. The predicted molar refractivity (Wildman–Crippen MR) is 84.6 cm³/mol. The van der Waals surface area contributed by atoms with E-state index in [0.29, 0.717) is 5.02 Å². The number of aromatic nitrogens is 2. The average molecular weight is 296 g/mol. The summed E-state index contributed by atoms with van der Waals surface area (Å²) < 4.78 is 0.